The molecule has 0 saturated heterocycles. The molecule has 0 heterocycles. The molecular weight excluding hydrogens is 162 g/mol. The van der Waals surface area contributed by atoms with Crippen molar-refractivity contribution >= 4 is 0 Å². The standard InChI is InChI=1S/C11H15NO/c12-11(7-8-1-2-8)9-3-5-10(13)6-4-9/h3-6,8,11,13H,1-2,7,12H2. The van der Waals surface area contributed by atoms with Gasteiger partial charge in [-0.1, -0.05) is 25.0 Å². The molecule has 1 saturated carbocycles. The van der Waals surface area contributed by atoms with Crippen molar-refractivity contribution in [3.8, 4) is 5.75 Å². The molecule has 2 heteroatoms. The van der Waals surface area contributed by atoms with E-state index in [0.717, 1.165) is 17.9 Å². The van der Waals surface area contributed by atoms with Crippen LogP contribution in [0.4, 0.5) is 0 Å². The molecule has 70 valence electrons. The number of hydrogen-bond donors (Lipinski definition) is 2. The summed E-state index contributed by atoms with van der Waals surface area (Å²) in [5, 5.41) is 9.09. The number of benzene rings is 1. The summed E-state index contributed by atoms with van der Waals surface area (Å²) in [6.45, 7) is 0. The molecule has 1 aliphatic carbocycles. The van der Waals surface area contributed by atoms with Crippen LogP contribution in [0.5, 0.6) is 5.75 Å². The Kier molecular flexibility index (Phi) is 2.23. The molecule has 1 unspecified atom stereocenters. The van der Waals surface area contributed by atoms with Crippen molar-refractivity contribution in [2.24, 2.45) is 11.7 Å². The summed E-state index contributed by atoms with van der Waals surface area (Å²) in [5.41, 5.74) is 7.13. The third-order valence-corrected chi connectivity index (χ3v) is 2.61. The SMILES string of the molecule is NC(CC1CC1)c1ccc(O)cc1. The van der Waals surface area contributed by atoms with Crippen LogP contribution >= 0.6 is 0 Å². The molecule has 1 aromatic rings. The van der Waals surface area contributed by atoms with Gasteiger partial charge in [-0.05, 0) is 30.0 Å². The maximum absolute atomic E-state index is 9.09. The van der Waals surface area contributed by atoms with E-state index in [-0.39, 0.29) is 6.04 Å². The van der Waals surface area contributed by atoms with Crippen molar-refractivity contribution in [2.45, 2.75) is 25.3 Å². The van der Waals surface area contributed by atoms with Crippen LogP contribution in [0.2, 0.25) is 0 Å². The first kappa shape index (κ1) is 8.57. The monoisotopic (exact) mass is 177 g/mol. The first-order chi connectivity index (χ1) is 6.25. The molecule has 0 spiro atoms. The van der Waals surface area contributed by atoms with E-state index in [1.54, 1.807) is 12.1 Å². The van der Waals surface area contributed by atoms with Gasteiger partial charge in [-0.25, -0.2) is 0 Å². The van der Waals surface area contributed by atoms with E-state index in [4.69, 9.17) is 10.8 Å². The Morgan fingerprint density at radius 2 is 1.92 bits per heavy atom. The fraction of sp³-hybridized carbons (Fsp3) is 0.455. The van der Waals surface area contributed by atoms with Crippen LogP contribution in [-0.2, 0) is 0 Å². The van der Waals surface area contributed by atoms with Crippen molar-refractivity contribution in [2.75, 3.05) is 0 Å². The van der Waals surface area contributed by atoms with Crippen molar-refractivity contribution < 1.29 is 5.11 Å². The van der Waals surface area contributed by atoms with Crippen LogP contribution in [-0.4, -0.2) is 5.11 Å². The molecule has 0 radical (unpaired) electrons. The van der Waals surface area contributed by atoms with Crippen molar-refractivity contribution in [1.29, 1.82) is 0 Å². The minimum atomic E-state index is 0.146. The maximum Gasteiger partial charge on any atom is 0.115 e. The van der Waals surface area contributed by atoms with E-state index >= 15 is 0 Å². The second kappa shape index (κ2) is 3.38. The lowest BCUT2D eigenvalue weighted by atomic mass is 10.0. The fourth-order valence-electron chi connectivity index (χ4n) is 1.57. The van der Waals surface area contributed by atoms with Crippen LogP contribution in [0.15, 0.2) is 24.3 Å². The summed E-state index contributed by atoms with van der Waals surface area (Å²) in [6.07, 6.45) is 3.77. The summed E-state index contributed by atoms with van der Waals surface area (Å²) >= 11 is 0. The molecule has 1 fully saturated rings. The summed E-state index contributed by atoms with van der Waals surface area (Å²) < 4.78 is 0. The normalized spacial score (nSPS) is 18.5. The molecule has 1 aromatic carbocycles. The summed E-state index contributed by atoms with van der Waals surface area (Å²) in [6, 6.07) is 7.35. The van der Waals surface area contributed by atoms with Crippen LogP contribution in [0, 0.1) is 5.92 Å². The van der Waals surface area contributed by atoms with Crippen LogP contribution in [0.3, 0.4) is 0 Å². The Balaban J connectivity index is 2.01. The van der Waals surface area contributed by atoms with Crippen molar-refractivity contribution in [3.63, 3.8) is 0 Å². The Hall–Kier alpha value is -1.02. The Bertz CT molecular complexity index is 277. The van der Waals surface area contributed by atoms with Crippen LogP contribution in [0.25, 0.3) is 0 Å². The predicted molar refractivity (Wildman–Crippen MR) is 52.4 cm³/mol. The highest BCUT2D eigenvalue weighted by molar-refractivity contribution is 5.27. The van der Waals surface area contributed by atoms with E-state index < -0.39 is 0 Å². The van der Waals surface area contributed by atoms with Gasteiger partial charge < -0.3 is 10.8 Å². The molecule has 2 rings (SSSR count). The lowest BCUT2D eigenvalue weighted by Gasteiger charge is -2.10. The van der Waals surface area contributed by atoms with Gasteiger partial charge >= 0.3 is 0 Å². The molecule has 1 atom stereocenters. The average Bonchev–Trinajstić information content (AvgIpc) is 2.89. The molecule has 0 aliphatic heterocycles. The van der Waals surface area contributed by atoms with Gasteiger partial charge in [-0.15, -0.1) is 0 Å². The predicted octanol–water partition coefficient (Wildman–Crippen LogP) is 2.19. The molecule has 0 amide bonds. The summed E-state index contributed by atoms with van der Waals surface area (Å²) in [7, 11) is 0. The number of phenolic OH excluding ortho intramolecular Hbond substituents is 1. The van der Waals surface area contributed by atoms with Gasteiger partial charge in [0.2, 0.25) is 0 Å². The van der Waals surface area contributed by atoms with Gasteiger partial charge in [0.1, 0.15) is 5.75 Å². The number of nitrogens with two attached hydrogens (primary N) is 1. The molecule has 2 nitrogen and oxygen atoms in total. The minimum Gasteiger partial charge on any atom is -0.508 e. The minimum absolute atomic E-state index is 0.146. The zero-order valence-corrected chi connectivity index (χ0v) is 7.61. The average molecular weight is 177 g/mol. The van der Waals surface area contributed by atoms with Crippen LogP contribution in [0.1, 0.15) is 30.9 Å². The van der Waals surface area contributed by atoms with E-state index in [1.165, 1.54) is 12.8 Å². The first-order valence-electron chi connectivity index (χ1n) is 4.80. The zero-order chi connectivity index (χ0) is 9.26. The highest BCUT2D eigenvalue weighted by Gasteiger charge is 2.24. The van der Waals surface area contributed by atoms with Crippen molar-refractivity contribution in [1.82, 2.24) is 0 Å². The van der Waals surface area contributed by atoms with E-state index in [2.05, 4.69) is 0 Å². The highest BCUT2D eigenvalue weighted by Crippen LogP contribution is 2.36. The number of aromatic hydroxyl groups is 1. The molecule has 0 aromatic heterocycles. The summed E-state index contributed by atoms with van der Waals surface area (Å²) in [5.74, 6) is 1.16. The Morgan fingerprint density at radius 3 is 2.46 bits per heavy atom. The molecular formula is C11H15NO. The van der Waals surface area contributed by atoms with E-state index in [9.17, 15) is 0 Å². The van der Waals surface area contributed by atoms with Gasteiger partial charge in [-0.3, -0.25) is 0 Å². The molecule has 1 aliphatic rings. The van der Waals surface area contributed by atoms with E-state index in [0.29, 0.717) is 5.75 Å². The zero-order valence-electron chi connectivity index (χ0n) is 7.61. The van der Waals surface area contributed by atoms with Gasteiger partial charge in [0.15, 0.2) is 0 Å². The lowest BCUT2D eigenvalue weighted by molar-refractivity contribution is 0.474. The van der Waals surface area contributed by atoms with Crippen molar-refractivity contribution in [3.05, 3.63) is 29.8 Å². The largest absolute Gasteiger partial charge is 0.508 e. The van der Waals surface area contributed by atoms with Crippen LogP contribution < -0.4 is 5.73 Å². The number of phenols is 1. The number of hydrogen-bond acceptors (Lipinski definition) is 2. The third kappa shape index (κ3) is 2.22. The molecule has 0 bridgehead atoms. The Labute approximate surface area is 78.4 Å². The highest BCUT2D eigenvalue weighted by atomic mass is 16.3. The van der Waals surface area contributed by atoms with Gasteiger partial charge in [0, 0.05) is 6.04 Å². The van der Waals surface area contributed by atoms with Gasteiger partial charge in [-0.2, -0.15) is 0 Å². The lowest BCUT2D eigenvalue weighted by Crippen LogP contribution is -2.10. The van der Waals surface area contributed by atoms with Gasteiger partial charge in [0.05, 0.1) is 0 Å². The molecule has 3 N–H and O–H groups in total. The topological polar surface area (TPSA) is 46.2 Å². The summed E-state index contributed by atoms with van der Waals surface area (Å²) in [4.78, 5) is 0. The third-order valence-electron chi connectivity index (χ3n) is 2.61. The van der Waals surface area contributed by atoms with Gasteiger partial charge in [0.25, 0.3) is 0 Å². The number of rotatable bonds is 3. The maximum atomic E-state index is 9.09. The molecule has 13 heavy (non-hydrogen) atoms. The van der Waals surface area contributed by atoms with E-state index in [1.807, 2.05) is 12.1 Å². The second-order valence-electron chi connectivity index (χ2n) is 3.88. The Morgan fingerprint density at radius 1 is 1.31 bits per heavy atom. The first-order valence-corrected chi connectivity index (χ1v) is 4.80. The fourth-order valence-corrected chi connectivity index (χ4v) is 1.57. The smallest absolute Gasteiger partial charge is 0.115 e. The second-order valence-corrected chi connectivity index (χ2v) is 3.88. The quantitative estimate of drug-likeness (QED) is 0.743.